The van der Waals surface area contributed by atoms with Crippen molar-refractivity contribution in [2.75, 3.05) is 18.1 Å². The van der Waals surface area contributed by atoms with Gasteiger partial charge in [-0.25, -0.2) is 8.42 Å². The van der Waals surface area contributed by atoms with Crippen LogP contribution in [0.25, 0.3) is 0 Å². The highest BCUT2D eigenvalue weighted by Gasteiger charge is 2.37. The van der Waals surface area contributed by atoms with Crippen LogP contribution in [0.4, 0.5) is 5.69 Å². The van der Waals surface area contributed by atoms with Crippen LogP contribution in [0, 0.1) is 0 Å². The third-order valence-corrected chi connectivity index (χ3v) is 7.81. The molecule has 0 saturated heterocycles. The Bertz CT molecular complexity index is 1420. The number of halogens is 1. The third kappa shape index (κ3) is 5.19. The van der Waals surface area contributed by atoms with Gasteiger partial charge in [0.2, 0.25) is 10.0 Å². The van der Waals surface area contributed by atoms with E-state index in [1.54, 1.807) is 43.5 Å². The molecule has 1 atom stereocenters. The van der Waals surface area contributed by atoms with Crippen LogP contribution in [0.3, 0.4) is 0 Å². The fourth-order valence-electron chi connectivity index (χ4n) is 3.62. The molecule has 8 nitrogen and oxygen atoms in total. The van der Waals surface area contributed by atoms with Crippen LogP contribution in [0.15, 0.2) is 82.8 Å². The zero-order chi connectivity index (χ0) is 24.5. The van der Waals surface area contributed by atoms with E-state index < -0.39 is 26.1 Å². The highest BCUT2D eigenvalue weighted by atomic mass is 35.5. The molecular weight excluding hydrogens is 498 g/mol. The highest BCUT2D eigenvalue weighted by molar-refractivity contribution is 7.92. The summed E-state index contributed by atoms with van der Waals surface area (Å²) in [7, 11) is -5.83. The van der Waals surface area contributed by atoms with Gasteiger partial charge in [-0.05, 0) is 59.7 Å². The molecule has 0 spiro atoms. The number of hydrogen-bond acceptors (Lipinski definition) is 6. The quantitative estimate of drug-likeness (QED) is 0.502. The van der Waals surface area contributed by atoms with Gasteiger partial charge in [-0.15, -0.1) is 0 Å². The summed E-state index contributed by atoms with van der Waals surface area (Å²) in [5.74, 6) is 0.656. The number of nitrogens with zero attached hydrogens (tertiary/aromatic N) is 2. The van der Waals surface area contributed by atoms with Gasteiger partial charge in [-0.3, -0.25) is 4.72 Å². The first-order chi connectivity index (χ1) is 16.1. The molecule has 34 heavy (non-hydrogen) atoms. The van der Waals surface area contributed by atoms with Crippen molar-refractivity contribution < 1.29 is 21.6 Å². The normalized spacial score (nSPS) is 16.3. The lowest BCUT2D eigenvalue weighted by Gasteiger charge is -2.23. The predicted octanol–water partition coefficient (Wildman–Crippen LogP) is 4.26. The molecule has 0 amide bonds. The summed E-state index contributed by atoms with van der Waals surface area (Å²) in [6, 6.07) is 19.1. The number of ether oxygens (including phenoxy) is 1. The number of rotatable bonds is 7. The summed E-state index contributed by atoms with van der Waals surface area (Å²) >= 11 is 5.94. The van der Waals surface area contributed by atoms with Gasteiger partial charge in [0, 0.05) is 17.1 Å². The zero-order valence-corrected chi connectivity index (χ0v) is 20.7. The number of sulfonamides is 2. The van der Waals surface area contributed by atoms with Crippen molar-refractivity contribution in [1.29, 1.82) is 0 Å². The molecule has 0 bridgehead atoms. The third-order valence-electron chi connectivity index (χ3n) is 5.25. The standard InChI is InChI=1S/C23H22ClN3O5S2/c1-32-20-11-5-17(6-12-20)23-15-22(16-3-9-19(10-4-16)26-33(2,28)29)25-27(23)34(30,31)21-13-7-18(24)8-14-21/h3-14,23,26H,15H2,1-2H3/t23-/m1/s1. The van der Waals surface area contributed by atoms with E-state index in [-0.39, 0.29) is 4.90 Å². The minimum Gasteiger partial charge on any atom is -0.497 e. The Kier molecular flexibility index (Phi) is 6.57. The lowest BCUT2D eigenvalue weighted by atomic mass is 9.99. The van der Waals surface area contributed by atoms with E-state index in [0.717, 1.165) is 16.2 Å². The topological polar surface area (TPSA) is 105 Å². The summed E-state index contributed by atoms with van der Waals surface area (Å²) in [5, 5.41) is 4.92. The van der Waals surface area contributed by atoms with Gasteiger partial charge >= 0.3 is 0 Å². The molecule has 3 aromatic rings. The van der Waals surface area contributed by atoms with Gasteiger partial charge in [0.05, 0.1) is 30.0 Å². The smallest absolute Gasteiger partial charge is 0.279 e. The van der Waals surface area contributed by atoms with Gasteiger partial charge in [0.25, 0.3) is 10.0 Å². The molecule has 0 fully saturated rings. The van der Waals surface area contributed by atoms with Gasteiger partial charge in [-0.2, -0.15) is 17.9 Å². The molecule has 1 N–H and O–H groups in total. The molecule has 0 aliphatic carbocycles. The Morgan fingerprint density at radius 1 is 0.941 bits per heavy atom. The maximum absolute atomic E-state index is 13.5. The molecule has 0 radical (unpaired) electrons. The maximum atomic E-state index is 13.5. The van der Waals surface area contributed by atoms with E-state index in [2.05, 4.69) is 9.82 Å². The van der Waals surface area contributed by atoms with Crippen LogP contribution in [-0.4, -0.2) is 40.3 Å². The first-order valence-corrected chi connectivity index (χ1v) is 13.9. The average Bonchev–Trinajstić information content (AvgIpc) is 3.25. The summed E-state index contributed by atoms with van der Waals surface area (Å²) in [5.41, 5.74) is 2.41. The summed E-state index contributed by atoms with van der Waals surface area (Å²) in [4.78, 5) is 0.0770. The van der Waals surface area contributed by atoms with Crippen LogP contribution < -0.4 is 9.46 Å². The maximum Gasteiger partial charge on any atom is 0.279 e. The second-order valence-corrected chi connectivity index (χ2v) is 11.7. The van der Waals surface area contributed by atoms with Crippen LogP contribution in [0.1, 0.15) is 23.6 Å². The zero-order valence-electron chi connectivity index (χ0n) is 18.3. The fourth-order valence-corrected chi connectivity index (χ4v) is 5.74. The Balaban J connectivity index is 1.73. The Hall–Kier alpha value is -3.08. The van der Waals surface area contributed by atoms with Crippen LogP contribution in [0.2, 0.25) is 5.02 Å². The average molecular weight is 520 g/mol. The molecule has 0 saturated carbocycles. The Labute approximate surface area is 203 Å². The number of hydrogen-bond donors (Lipinski definition) is 1. The molecule has 1 heterocycles. The van der Waals surface area contributed by atoms with Crippen molar-refractivity contribution in [1.82, 2.24) is 4.41 Å². The molecule has 11 heteroatoms. The summed E-state index contributed by atoms with van der Waals surface area (Å²) in [6.07, 6.45) is 1.40. The van der Waals surface area contributed by atoms with Crippen molar-refractivity contribution in [3.63, 3.8) is 0 Å². The van der Waals surface area contributed by atoms with Crippen LogP contribution >= 0.6 is 11.6 Å². The SMILES string of the molecule is COc1ccc([C@H]2CC(c3ccc(NS(C)(=O)=O)cc3)=NN2S(=O)(=O)c2ccc(Cl)cc2)cc1. The Morgan fingerprint density at radius 2 is 1.56 bits per heavy atom. The van der Waals surface area contributed by atoms with E-state index in [1.807, 2.05) is 12.1 Å². The molecular formula is C23H22ClN3O5S2. The lowest BCUT2D eigenvalue weighted by molar-refractivity contribution is 0.370. The first-order valence-electron chi connectivity index (χ1n) is 10.2. The molecule has 3 aromatic carbocycles. The van der Waals surface area contributed by atoms with E-state index in [9.17, 15) is 16.8 Å². The van der Waals surface area contributed by atoms with E-state index in [4.69, 9.17) is 16.3 Å². The molecule has 1 aliphatic rings. The van der Waals surface area contributed by atoms with Gasteiger partial charge < -0.3 is 4.74 Å². The molecule has 4 rings (SSSR count). The molecule has 0 aromatic heterocycles. The second-order valence-electron chi connectivity index (χ2n) is 7.72. The number of benzene rings is 3. The first kappa shape index (κ1) is 24.1. The minimum atomic E-state index is -3.98. The fraction of sp³-hybridized carbons (Fsp3) is 0.174. The van der Waals surface area contributed by atoms with Gasteiger partial charge in [0.15, 0.2) is 0 Å². The minimum absolute atomic E-state index is 0.0770. The van der Waals surface area contributed by atoms with Crippen LogP contribution in [-0.2, 0) is 20.0 Å². The predicted molar refractivity (Wildman–Crippen MR) is 132 cm³/mol. The van der Waals surface area contributed by atoms with Crippen molar-refractivity contribution in [3.05, 3.63) is 88.9 Å². The second kappa shape index (κ2) is 9.28. The number of methoxy groups -OCH3 is 1. The summed E-state index contributed by atoms with van der Waals surface area (Å²) < 4.78 is 58.7. The van der Waals surface area contributed by atoms with Crippen LogP contribution in [0.5, 0.6) is 5.75 Å². The molecule has 0 unspecified atom stereocenters. The van der Waals surface area contributed by atoms with Crippen molar-refractivity contribution in [2.45, 2.75) is 17.4 Å². The van der Waals surface area contributed by atoms with Crippen molar-refractivity contribution in [3.8, 4) is 5.75 Å². The number of anilines is 1. The van der Waals surface area contributed by atoms with E-state index in [0.29, 0.717) is 34.2 Å². The highest BCUT2D eigenvalue weighted by Crippen LogP contribution is 2.38. The van der Waals surface area contributed by atoms with E-state index >= 15 is 0 Å². The van der Waals surface area contributed by atoms with E-state index in [1.165, 1.54) is 24.3 Å². The largest absolute Gasteiger partial charge is 0.497 e. The Morgan fingerprint density at radius 3 is 2.12 bits per heavy atom. The van der Waals surface area contributed by atoms with Gasteiger partial charge in [-0.1, -0.05) is 35.9 Å². The lowest BCUT2D eigenvalue weighted by Crippen LogP contribution is -2.27. The summed E-state index contributed by atoms with van der Waals surface area (Å²) in [6.45, 7) is 0. The van der Waals surface area contributed by atoms with Gasteiger partial charge in [0.1, 0.15) is 5.75 Å². The van der Waals surface area contributed by atoms with Crippen molar-refractivity contribution in [2.24, 2.45) is 5.10 Å². The van der Waals surface area contributed by atoms with Crippen molar-refractivity contribution >= 4 is 43.0 Å². The number of nitrogens with one attached hydrogen (secondary N) is 1. The molecule has 178 valence electrons. The monoisotopic (exact) mass is 519 g/mol. The number of hydrazone groups is 1. The molecule has 1 aliphatic heterocycles.